The van der Waals surface area contributed by atoms with E-state index in [1.807, 2.05) is 29.0 Å². The van der Waals surface area contributed by atoms with E-state index in [1.54, 1.807) is 0 Å². The van der Waals surface area contributed by atoms with E-state index >= 15 is 4.39 Å². The summed E-state index contributed by atoms with van der Waals surface area (Å²) in [5.74, 6) is 1.37. The zero-order valence-electron chi connectivity index (χ0n) is 19.6. The summed E-state index contributed by atoms with van der Waals surface area (Å²) in [5, 5.41) is 9.41. The molecule has 2 aromatic heterocycles. The number of morpholine rings is 1. The van der Waals surface area contributed by atoms with Crippen LogP contribution in [0.5, 0.6) is 5.75 Å². The number of fused-ring (bicyclic) bond motifs is 1. The fourth-order valence-electron chi connectivity index (χ4n) is 4.95. The summed E-state index contributed by atoms with van der Waals surface area (Å²) in [7, 11) is 1.53. The van der Waals surface area contributed by atoms with Crippen LogP contribution in [0.3, 0.4) is 0 Å². The number of aromatic nitrogens is 3. The third-order valence-electron chi connectivity index (χ3n) is 6.86. The second kappa shape index (κ2) is 9.57. The number of methoxy groups -OCH3 is 1. The van der Waals surface area contributed by atoms with Crippen molar-refractivity contribution in [1.29, 1.82) is 5.26 Å². The van der Waals surface area contributed by atoms with Gasteiger partial charge in [0.05, 0.1) is 25.9 Å². The van der Waals surface area contributed by atoms with Crippen molar-refractivity contribution in [2.45, 2.75) is 32.4 Å². The van der Waals surface area contributed by atoms with Gasteiger partial charge in [-0.2, -0.15) is 5.26 Å². The van der Waals surface area contributed by atoms with E-state index < -0.39 is 5.82 Å². The van der Waals surface area contributed by atoms with Crippen LogP contribution in [0.2, 0.25) is 0 Å². The molecule has 2 saturated heterocycles. The Morgan fingerprint density at radius 2 is 2.06 bits per heavy atom. The van der Waals surface area contributed by atoms with Gasteiger partial charge in [0, 0.05) is 56.6 Å². The molecule has 0 saturated carbocycles. The molecule has 0 amide bonds. The molecule has 2 aliphatic rings. The predicted molar refractivity (Wildman–Crippen MR) is 127 cm³/mol. The minimum absolute atomic E-state index is 0.0785. The van der Waals surface area contributed by atoms with Crippen molar-refractivity contribution >= 4 is 16.9 Å². The number of benzene rings is 1. The molecule has 0 aliphatic carbocycles. The maximum absolute atomic E-state index is 15.2. The quantitative estimate of drug-likeness (QED) is 0.553. The molecule has 1 atom stereocenters. The maximum Gasteiger partial charge on any atom is 0.169 e. The van der Waals surface area contributed by atoms with Crippen LogP contribution in [0.25, 0.3) is 22.4 Å². The third-order valence-corrected chi connectivity index (χ3v) is 6.86. The highest BCUT2D eigenvalue weighted by Gasteiger charge is 2.25. The number of halogens is 1. The van der Waals surface area contributed by atoms with Gasteiger partial charge < -0.3 is 18.9 Å². The van der Waals surface area contributed by atoms with E-state index in [0.717, 1.165) is 37.6 Å². The van der Waals surface area contributed by atoms with Gasteiger partial charge in [-0.05, 0) is 31.9 Å². The molecule has 34 heavy (non-hydrogen) atoms. The molecule has 3 aromatic rings. The highest BCUT2D eigenvalue weighted by atomic mass is 19.1. The fourth-order valence-corrected chi connectivity index (χ4v) is 4.95. The first-order chi connectivity index (χ1) is 16.6. The highest BCUT2D eigenvalue weighted by Crippen LogP contribution is 2.35. The number of anilines is 1. The van der Waals surface area contributed by atoms with Crippen molar-refractivity contribution in [2.24, 2.45) is 0 Å². The normalized spacial score (nSPS) is 19.0. The second-order valence-corrected chi connectivity index (χ2v) is 8.88. The van der Waals surface area contributed by atoms with Gasteiger partial charge in [0.15, 0.2) is 5.82 Å². The maximum atomic E-state index is 15.2. The fraction of sp³-hybridized carbons (Fsp3) is 0.480. The molecule has 8 nitrogen and oxygen atoms in total. The summed E-state index contributed by atoms with van der Waals surface area (Å²) >= 11 is 0. The lowest BCUT2D eigenvalue weighted by molar-refractivity contribution is 0.0365. The van der Waals surface area contributed by atoms with Crippen LogP contribution in [0.15, 0.2) is 24.4 Å². The summed E-state index contributed by atoms with van der Waals surface area (Å²) in [6.45, 7) is 7.72. The molecular formula is C25H29FN6O2. The van der Waals surface area contributed by atoms with Crippen LogP contribution in [-0.2, 0) is 11.3 Å². The predicted octanol–water partition coefficient (Wildman–Crippen LogP) is 3.44. The topological polar surface area (TPSA) is 79.4 Å². The Morgan fingerprint density at radius 3 is 2.71 bits per heavy atom. The van der Waals surface area contributed by atoms with E-state index in [0.29, 0.717) is 42.9 Å². The van der Waals surface area contributed by atoms with Gasteiger partial charge in [-0.25, -0.2) is 14.4 Å². The first-order valence-corrected chi connectivity index (χ1v) is 11.8. The van der Waals surface area contributed by atoms with E-state index in [2.05, 4.69) is 21.7 Å². The van der Waals surface area contributed by atoms with Crippen molar-refractivity contribution in [3.63, 3.8) is 0 Å². The summed E-state index contributed by atoms with van der Waals surface area (Å²) in [6.07, 6.45) is 4.14. The van der Waals surface area contributed by atoms with Crippen LogP contribution in [0.4, 0.5) is 10.2 Å². The molecular weight excluding hydrogens is 435 g/mol. The van der Waals surface area contributed by atoms with Crippen LogP contribution < -0.4 is 9.64 Å². The van der Waals surface area contributed by atoms with E-state index in [-0.39, 0.29) is 11.1 Å². The molecule has 0 radical (unpaired) electrons. The third kappa shape index (κ3) is 4.08. The number of rotatable bonds is 6. The van der Waals surface area contributed by atoms with Crippen molar-refractivity contribution in [1.82, 2.24) is 19.4 Å². The average Bonchev–Trinajstić information content (AvgIpc) is 3.48. The standard InChI is InChI=1S/C25H29FN6O2/c1-17-4-3-7-31(17)21-6-5-18(16-28-21)25-29-23-22(26)19(15-27)14-20(33-2)24(23)32(25)9-8-30-10-12-34-13-11-30/h5-6,14,16-17H,3-4,7-13H2,1-2H3. The highest BCUT2D eigenvalue weighted by molar-refractivity contribution is 5.88. The van der Waals surface area contributed by atoms with E-state index in [4.69, 9.17) is 14.5 Å². The molecule has 0 bridgehead atoms. The SMILES string of the molecule is COc1cc(C#N)c(F)c2nc(-c3ccc(N4CCCC4C)nc3)n(CCN3CCOCC3)c12. The van der Waals surface area contributed by atoms with Gasteiger partial charge in [0.25, 0.3) is 0 Å². The first-order valence-electron chi connectivity index (χ1n) is 11.8. The van der Waals surface area contributed by atoms with Crippen LogP contribution in [-0.4, -0.2) is 72.0 Å². The van der Waals surface area contributed by atoms with Gasteiger partial charge >= 0.3 is 0 Å². The van der Waals surface area contributed by atoms with Crippen LogP contribution >= 0.6 is 0 Å². The Bertz CT molecular complexity index is 1210. The molecule has 1 aromatic carbocycles. The first kappa shape index (κ1) is 22.6. The molecule has 0 spiro atoms. The van der Waals surface area contributed by atoms with Crippen molar-refractivity contribution in [3.05, 3.63) is 35.8 Å². The minimum Gasteiger partial charge on any atom is -0.494 e. The monoisotopic (exact) mass is 464 g/mol. The molecule has 1 unspecified atom stereocenters. The molecule has 4 heterocycles. The van der Waals surface area contributed by atoms with Gasteiger partial charge in [-0.15, -0.1) is 0 Å². The molecule has 2 aliphatic heterocycles. The largest absolute Gasteiger partial charge is 0.494 e. The lowest BCUT2D eigenvalue weighted by Crippen LogP contribution is -2.38. The zero-order valence-corrected chi connectivity index (χ0v) is 19.6. The Kier molecular flexibility index (Phi) is 6.35. The van der Waals surface area contributed by atoms with Crippen LogP contribution in [0.1, 0.15) is 25.3 Å². The Morgan fingerprint density at radius 1 is 1.24 bits per heavy atom. The number of pyridine rings is 1. The zero-order chi connectivity index (χ0) is 23.7. The van der Waals surface area contributed by atoms with Gasteiger partial charge in [-0.1, -0.05) is 0 Å². The summed E-state index contributed by atoms with van der Waals surface area (Å²) in [4.78, 5) is 14.0. The van der Waals surface area contributed by atoms with Gasteiger partial charge in [0.2, 0.25) is 0 Å². The Hall–Kier alpha value is -3.22. The molecule has 178 valence electrons. The molecule has 5 rings (SSSR count). The number of hydrogen-bond donors (Lipinski definition) is 0. The minimum atomic E-state index is -0.625. The lowest BCUT2D eigenvalue weighted by atomic mass is 10.2. The van der Waals surface area contributed by atoms with Crippen molar-refractivity contribution in [2.75, 3.05) is 51.4 Å². The summed E-state index contributed by atoms with van der Waals surface area (Å²) in [6, 6.07) is 7.84. The van der Waals surface area contributed by atoms with Crippen molar-refractivity contribution in [3.8, 4) is 23.2 Å². The van der Waals surface area contributed by atoms with Gasteiger partial charge in [0.1, 0.15) is 34.5 Å². The lowest BCUT2D eigenvalue weighted by Gasteiger charge is -2.27. The second-order valence-electron chi connectivity index (χ2n) is 8.88. The number of nitriles is 1. The van der Waals surface area contributed by atoms with Gasteiger partial charge in [-0.3, -0.25) is 4.90 Å². The number of ether oxygens (including phenoxy) is 2. The average molecular weight is 465 g/mol. The number of imidazole rings is 1. The summed E-state index contributed by atoms with van der Waals surface area (Å²) < 4.78 is 28.2. The van der Waals surface area contributed by atoms with E-state index in [9.17, 15) is 5.26 Å². The Labute approximate surface area is 198 Å². The van der Waals surface area contributed by atoms with E-state index in [1.165, 1.54) is 26.0 Å². The number of hydrogen-bond acceptors (Lipinski definition) is 7. The molecule has 9 heteroatoms. The smallest absolute Gasteiger partial charge is 0.169 e. The molecule has 2 fully saturated rings. The number of nitrogens with zero attached hydrogens (tertiary/aromatic N) is 6. The summed E-state index contributed by atoms with van der Waals surface area (Å²) in [5.41, 5.74) is 1.42. The molecule has 0 N–H and O–H groups in total. The van der Waals surface area contributed by atoms with Crippen molar-refractivity contribution < 1.29 is 13.9 Å². The Balaban J connectivity index is 1.58. The van der Waals surface area contributed by atoms with Crippen LogP contribution in [0, 0.1) is 17.1 Å².